The van der Waals surface area contributed by atoms with Gasteiger partial charge in [0.15, 0.2) is 5.76 Å². The first-order chi connectivity index (χ1) is 16.2. The van der Waals surface area contributed by atoms with Crippen LogP contribution < -0.4 is 11.1 Å². The summed E-state index contributed by atoms with van der Waals surface area (Å²) in [6, 6.07) is 17.2. The zero-order valence-electron chi connectivity index (χ0n) is 19.0. The summed E-state index contributed by atoms with van der Waals surface area (Å²) in [6.45, 7) is 5.12. The van der Waals surface area contributed by atoms with Crippen molar-refractivity contribution in [1.29, 1.82) is 0 Å². The number of para-hydroxylation sites is 1. The van der Waals surface area contributed by atoms with Gasteiger partial charge in [-0.3, -0.25) is 9.35 Å². The van der Waals surface area contributed by atoms with Gasteiger partial charge in [0, 0.05) is 23.8 Å². The van der Waals surface area contributed by atoms with Crippen LogP contribution in [-0.2, 0) is 10.1 Å². The Morgan fingerprint density at radius 3 is 2.29 bits per heavy atom. The van der Waals surface area contributed by atoms with Crippen LogP contribution in [0, 0.1) is 12.8 Å². The molecule has 3 aliphatic heterocycles. The molecule has 2 bridgehead atoms. The van der Waals surface area contributed by atoms with Crippen molar-refractivity contribution in [3.05, 3.63) is 72.0 Å². The number of carbonyl (C=O) groups is 1. The highest BCUT2D eigenvalue weighted by Crippen LogP contribution is 2.29. The first-order valence-electron chi connectivity index (χ1n) is 11.2. The van der Waals surface area contributed by atoms with Gasteiger partial charge in [-0.15, -0.1) is 0 Å². The van der Waals surface area contributed by atoms with Gasteiger partial charge >= 0.3 is 0 Å². The second-order valence-corrected chi connectivity index (χ2v) is 10.2. The molecule has 3 aromatic rings. The Balaban J connectivity index is 0.000000243. The lowest BCUT2D eigenvalue weighted by Gasteiger charge is -2.44. The van der Waals surface area contributed by atoms with Crippen LogP contribution in [0.5, 0.6) is 0 Å². The van der Waals surface area contributed by atoms with Gasteiger partial charge in [0.1, 0.15) is 5.76 Å². The van der Waals surface area contributed by atoms with Gasteiger partial charge in [-0.05, 0) is 75.2 Å². The highest BCUT2D eigenvalue weighted by molar-refractivity contribution is 7.85. The number of rotatable bonds is 4. The summed E-state index contributed by atoms with van der Waals surface area (Å²) in [7, 11) is -4.02. The highest BCUT2D eigenvalue weighted by atomic mass is 32.2. The predicted octanol–water partition coefficient (Wildman–Crippen LogP) is 4.23. The van der Waals surface area contributed by atoms with Crippen LogP contribution in [-0.4, -0.2) is 49.5 Å². The smallest absolute Gasteiger partial charge is 0.294 e. The molecule has 35 heavy (non-hydrogen) atoms. The molecule has 3 fully saturated rings. The molecule has 3 aliphatic rings. The molecule has 8 nitrogen and oxygen atoms in total. The summed E-state index contributed by atoms with van der Waals surface area (Å²) in [4.78, 5) is 14.8. The number of nitrogen functional groups attached to an aromatic ring is 1. The number of hydrogen-bond acceptors (Lipinski definition) is 6. The van der Waals surface area contributed by atoms with E-state index in [-0.39, 0.29) is 24.3 Å². The fourth-order valence-electron chi connectivity index (χ4n) is 4.40. The Morgan fingerprint density at radius 1 is 1.06 bits per heavy atom. The van der Waals surface area contributed by atoms with Crippen molar-refractivity contribution >= 4 is 21.7 Å². The third-order valence-electron chi connectivity index (χ3n) is 6.35. The summed E-state index contributed by atoms with van der Waals surface area (Å²) >= 11 is 0. The predicted molar refractivity (Wildman–Crippen MR) is 137 cm³/mol. The number of aryl methyl sites for hydroxylation is 1. The molecule has 9 heteroatoms. The van der Waals surface area contributed by atoms with Crippen molar-refractivity contribution in [2.24, 2.45) is 5.92 Å². The van der Waals surface area contributed by atoms with Crippen LogP contribution in [0.2, 0.25) is 0 Å². The maximum Gasteiger partial charge on any atom is 0.294 e. The standard InChI is InChI=1S/C18H21N3O2.C7H8O3S.CH4/c19-14-4-2-1-3-13(14)16-5-6-17(23-16)18(22)20-15-11-21-9-7-12(15)8-10-21;1-6-2-4-7(5-3-6)11(8,9)10;/h1-6,12,15H,7-11,19H2,(H,20,22);2-5H,1H3,(H,8,9,10);1H4/t15-;;/m0../s1. The zero-order chi connectivity index (χ0) is 24.3. The van der Waals surface area contributed by atoms with E-state index in [1.807, 2.05) is 31.2 Å². The molecule has 3 saturated heterocycles. The van der Waals surface area contributed by atoms with Gasteiger partial charge in [0.05, 0.1) is 4.90 Å². The summed E-state index contributed by atoms with van der Waals surface area (Å²) in [5.41, 5.74) is 8.38. The van der Waals surface area contributed by atoms with E-state index in [9.17, 15) is 13.2 Å². The van der Waals surface area contributed by atoms with E-state index in [0.29, 0.717) is 23.1 Å². The SMILES string of the molecule is C.Cc1ccc(S(=O)(=O)O)cc1.Nc1ccccc1-c1ccc(C(=O)N[C@H]2CN3CCC2CC3)o1. The molecule has 2 aromatic carbocycles. The maximum absolute atomic E-state index is 12.5. The second-order valence-electron chi connectivity index (χ2n) is 8.76. The van der Waals surface area contributed by atoms with Crippen molar-refractivity contribution in [1.82, 2.24) is 10.2 Å². The van der Waals surface area contributed by atoms with Crippen molar-refractivity contribution in [3.63, 3.8) is 0 Å². The molecule has 0 spiro atoms. The van der Waals surface area contributed by atoms with Crippen LogP contribution >= 0.6 is 0 Å². The molecule has 0 unspecified atom stereocenters. The lowest BCUT2D eigenvalue weighted by Crippen LogP contribution is -2.57. The third kappa shape index (κ3) is 6.50. The molecule has 4 heterocycles. The zero-order valence-corrected chi connectivity index (χ0v) is 19.8. The molecular weight excluding hydrogens is 466 g/mol. The number of furan rings is 1. The van der Waals surface area contributed by atoms with Gasteiger partial charge in [-0.1, -0.05) is 37.3 Å². The molecule has 0 aliphatic carbocycles. The second kappa shape index (κ2) is 11.1. The molecule has 1 atom stereocenters. The minimum Gasteiger partial charge on any atom is -0.451 e. The third-order valence-corrected chi connectivity index (χ3v) is 7.22. The summed E-state index contributed by atoms with van der Waals surface area (Å²) in [6.07, 6.45) is 2.35. The number of nitrogens with zero attached hydrogens (tertiary/aromatic N) is 1. The van der Waals surface area contributed by atoms with Crippen molar-refractivity contribution in [2.75, 3.05) is 25.4 Å². The Kier molecular flexibility index (Phi) is 8.37. The van der Waals surface area contributed by atoms with Crippen LogP contribution in [0.3, 0.4) is 0 Å². The number of benzene rings is 2. The van der Waals surface area contributed by atoms with Crippen molar-refractivity contribution in [3.8, 4) is 11.3 Å². The van der Waals surface area contributed by atoms with Crippen LogP contribution in [0.1, 0.15) is 36.4 Å². The number of fused-ring (bicyclic) bond motifs is 3. The maximum atomic E-state index is 12.5. The minimum atomic E-state index is -4.02. The summed E-state index contributed by atoms with van der Waals surface area (Å²) in [5, 5.41) is 3.14. The number of anilines is 1. The first kappa shape index (κ1) is 26.5. The molecule has 6 rings (SSSR count). The lowest BCUT2D eigenvalue weighted by atomic mass is 9.84. The Hall–Kier alpha value is -3.14. The van der Waals surface area contributed by atoms with Crippen LogP contribution in [0.4, 0.5) is 5.69 Å². The Labute approximate surface area is 206 Å². The molecule has 188 valence electrons. The number of carbonyl (C=O) groups excluding carboxylic acids is 1. The van der Waals surface area contributed by atoms with Crippen LogP contribution in [0.25, 0.3) is 11.3 Å². The van der Waals surface area contributed by atoms with E-state index in [2.05, 4.69) is 10.2 Å². The van der Waals surface area contributed by atoms with E-state index in [1.54, 1.807) is 24.3 Å². The lowest BCUT2D eigenvalue weighted by molar-refractivity contribution is 0.0606. The minimum absolute atomic E-state index is 0. The quantitative estimate of drug-likeness (QED) is 0.362. The Bertz CT molecular complexity index is 1250. The molecule has 4 N–H and O–H groups in total. The van der Waals surface area contributed by atoms with Gasteiger partial charge in [-0.2, -0.15) is 8.42 Å². The first-order valence-corrected chi connectivity index (χ1v) is 12.7. The number of amides is 1. The average Bonchev–Trinajstić information content (AvgIpc) is 3.31. The average molecular weight is 500 g/mol. The van der Waals surface area contributed by atoms with E-state index in [0.717, 1.165) is 30.8 Å². The summed E-state index contributed by atoms with van der Waals surface area (Å²) in [5.74, 6) is 1.44. The molecule has 0 saturated carbocycles. The number of hydrogen-bond donors (Lipinski definition) is 3. The van der Waals surface area contributed by atoms with Gasteiger partial charge in [-0.25, -0.2) is 0 Å². The van der Waals surface area contributed by atoms with E-state index < -0.39 is 10.1 Å². The number of nitrogens with one attached hydrogen (secondary N) is 1. The van der Waals surface area contributed by atoms with Gasteiger partial charge in [0.2, 0.25) is 0 Å². The highest BCUT2D eigenvalue weighted by Gasteiger charge is 2.35. The Morgan fingerprint density at radius 2 is 1.71 bits per heavy atom. The molecule has 0 radical (unpaired) electrons. The van der Waals surface area contributed by atoms with E-state index >= 15 is 0 Å². The number of piperidine rings is 3. The van der Waals surface area contributed by atoms with Crippen molar-refractivity contribution in [2.45, 2.75) is 38.1 Å². The summed E-state index contributed by atoms with van der Waals surface area (Å²) < 4.78 is 35.3. The molecule has 1 aromatic heterocycles. The monoisotopic (exact) mass is 499 g/mol. The van der Waals surface area contributed by atoms with Gasteiger partial charge in [0.25, 0.3) is 16.0 Å². The van der Waals surface area contributed by atoms with Crippen LogP contribution in [0.15, 0.2) is 70.0 Å². The molecular formula is C26H33N3O5S. The van der Waals surface area contributed by atoms with Crippen molar-refractivity contribution < 1.29 is 22.2 Å². The largest absolute Gasteiger partial charge is 0.451 e. The topological polar surface area (TPSA) is 126 Å². The normalized spacial score (nSPS) is 20.8. The van der Waals surface area contributed by atoms with E-state index in [4.69, 9.17) is 14.7 Å². The van der Waals surface area contributed by atoms with Gasteiger partial charge < -0.3 is 20.4 Å². The van der Waals surface area contributed by atoms with E-state index in [1.165, 1.54) is 25.0 Å². The fourth-order valence-corrected chi connectivity index (χ4v) is 4.88. The molecule has 1 amide bonds. The fraction of sp³-hybridized carbons (Fsp3) is 0.346. The number of nitrogens with two attached hydrogens (primary N) is 1.